The highest BCUT2D eigenvalue weighted by molar-refractivity contribution is 6.00. The van der Waals surface area contributed by atoms with Crippen molar-refractivity contribution < 1.29 is 14.7 Å². The molecule has 0 saturated carbocycles. The Morgan fingerprint density at radius 2 is 2.11 bits per heavy atom. The van der Waals surface area contributed by atoms with E-state index in [1.807, 2.05) is 30.5 Å². The maximum atomic E-state index is 11.4. The quantitative estimate of drug-likeness (QED) is 0.578. The van der Waals surface area contributed by atoms with Crippen molar-refractivity contribution in [3.05, 3.63) is 36.0 Å². The summed E-state index contributed by atoms with van der Waals surface area (Å²) in [7, 11) is 0. The molecule has 0 spiro atoms. The second kappa shape index (κ2) is 5.53. The average molecular weight is 261 g/mol. The van der Waals surface area contributed by atoms with E-state index in [4.69, 9.17) is 10.8 Å². The summed E-state index contributed by atoms with van der Waals surface area (Å²) >= 11 is 0. The van der Waals surface area contributed by atoms with Gasteiger partial charge < -0.3 is 21.1 Å². The Bertz CT molecular complexity index is 606. The number of hydrogen-bond donors (Lipinski definition) is 4. The van der Waals surface area contributed by atoms with Gasteiger partial charge in [-0.15, -0.1) is 0 Å². The van der Waals surface area contributed by atoms with E-state index < -0.39 is 17.9 Å². The highest BCUT2D eigenvalue weighted by Gasteiger charge is 2.20. The molecule has 1 atom stereocenters. The van der Waals surface area contributed by atoms with Gasteiger partial charge in [-0.25, -0.2) is 4.79 Å². The third-order valence-corrected chi connectivity index (χ3v) is 2.92. The van der Waals surface area contributed by atoms with E-state index in [1.54, 1.807) is 0 Å². The van der Waals surface area contributed by atoms with Crippen LogP contribution >= 0.6 is 0 Å². The van der Waals surface area contributed by atoms with Crippen LogP contribution in [0.5, 0.6) is 0 Å². The van der Waals surface area contributed by atoms with Crippen LogP contribution in [0.2, 0.25) is 0 Å². The van der Waals surface area contributed by atoms with Gasteiger partial charge in [0, 0.05) is 23.6 Å². The van der Waals surface area contributed by atoms with E-state index in [0.717, 1.165) is 16.5 Å². The number of carboxylic acids is 1. The fraction of sp³-hybridized carbons (Fsp3) is 0.231. The van der Waals surface area contributed by atoms with Crippen molar-refractivity contribution in [2.24, 2.45) is 5.73 Å². The number of carbonyl (C=O) groups is 2. The van der Waals surface area contributed by atoms with Crippen LogP contribution in [-0.2, 0) is 16.0 Å². The van der Waals surface area contributed by atoms with Crippen molar-refractivity contribution in [3.8, 4) is 0 Å². The molecule has 0 bridgehead atoms. The third kappa shape index (κ3) is 2.92. The second-order valence-corrected chi connectivity index (χ2v) is 4.22. The van der Waals surface area contributed by atoms with Crippen molar-refractivity contribution in [1.82, 2.24) is 10.3 Å². The van der Waals surface area contributed by atoms with Gasteiger partial charge in [0.2, 0.25) is 5.91 Å². The maximum Gasteiger partial charge on any atom is 0.330 e. The Kier molecular flexibility index (Phi) is 3.82. The Morgan fingerprint density at radius 1 is 1.37 bits per heavy atom. The first-order chi connectivity index (χ1) is 9.09. The summed E-state index contributed by atoms with van der Waals surface area (Å²) in [6.45, 7) is 0.349. The number of aliphatic carboxylic acids is 1. The number of rotatable bonds is 5. The van der Waals surface area contributed by atoms with E-state index in [2.05, 4.69) is 10.3 Å². The lowest BCUT2D eigenvalue weighted by atomic mass is 10.1. The van der Waals surface area contributed by atoms with Gasteiger partial charge in [0.25, 0.3) is 0 Å². The topological polar surface area (TPSA) is 108 Å². The molecule has 2 rings (SSSR count). The van der Waals surface area contributed by atoms with Gasteiger partial charge in [0.1, 0.15) is 0 Å². The largest absolute Gasteiger partial charge is 0.480 e. The Labute approximate surface area is 109 Å². The minimum atomic E-state index is -1.51. The van der Waals surface area contributed by atoms with Crippen LogP contribution in [0.25, 0.3) is 10.9 Å². The lowest BCUT2D eigenvalue weighted by Crippen LogP contribution is -2.46. The van der Waals surface area contributed by atoms with Gasteiger partial charge in [0.05, 0.1) is 0 Å². The van der Waals surface area contributed by atoms with Crippen molar-refractivity contribution >= 4 is 22.8 Å². The van der Waals surface area contributed by atoms with Crippen LogP contribution in [0, 0.1) is 0 Å². The first-order valence-corrected chi connectivity index (χ1v) is 5.90. The molecule has 0 saturated heterocycles. The number of para-hydroxylation sites is 1. The van der Waals surface area contributed by atoms with Gasteiger partial charge >= 0.3 is 5.97 Å². The van der Waals surface area contributed by atoms with Crippen LogP contribution in [-0.4, -0.2) is 34.6 Å². The highest BCUT2D eigenvalue weighted by atomic mass is 16.4. The number of carbonyl (C=O) groups excluding carboxylic acids is 1. The standard InChI is InChI=1S/C13H15N3O3/c14-11(13(18)19)12(17)15-6-5-8-7-16-10-4-2-1-3-9(8)10/h1-4,7,11,16H,5-6,14H2,(H,15,17)(H,18,19). The molecule has 0 radical (unpaired) electrons. The summed E-state index contributed by atoms with van der Waals surface area (Å²) in [6.07, 6.45) is 2.50. The normalized spacial score (nSPS) is 12.3. The molecule has 1 aromatic heterocycles. The van der Waals surface area contributed by atoms with E-state index in [1.165, 1.54) is 0 Å². The number of benzene rings is 1. The zero-order chi connectivity index (χ0) is 13.8. The SMILES string of the molecule is NC(C(=O)O)C(=O)NCCc1c[nH]c2ccccc12. The monoisotopic (exact) mass is 261 g/mol. The van der Waals surface area contributed by atoms with E-state index in [0.29, 0.717) is 13.0 Å². The molecule has 100 valence electrons. The number of nitrogens with two attached hydrogens (primary N) is 1. The van der Waals surface area contributed by atoms with Crippen LogP contribution in [0.15, 0.2) is 30.5 Å². The van der Waals surface area contributed by atoms with Crippen LogP contribution in [0.3, 0.4) is 0 Å². The van der Waals surface area contributed by atoms with Crippen molar-refractivity contribution in [3.63, 3.8) is 0 Å². The van der Waals surface area contributed by atoms with E-state index >= 15 is 0 Å². The molecule has 1 amide bonds. The van der Waals surface area contributed by atoms with Crippen molar-refractivity contribution in [2.75, 3.05) is 6.54 Å². The van der Waals surface area contributed by atoms with Gasteiger partial charge in [-0.1, -0.05) is 18.2 Å². The molecular formula is C13H15N3O3. The van der Waals surface area contributed by atoms with Crippen molar-refractivity contribution in [1.29, 1.82) is 0 Å². The number of nitrogens with one attached hydrogen (secondary N) is 2. The summed E-state index contributed by atoms with van der Waals surface area (Å²) in [4.78, 5) is 25.0. The first kappa shape index (κ1) is 13.1. The molecule has 1 unspecified atom stereocenters. The molecule has 6 nitrogen and oxygen atoms in total. The number of amides is 1. The molecule has 5 N–H and O–H groups in total. The molecule has 6 heteroatoms. The third-order valence-electron chi connectivity index (χ3n) is 2.92. The van der Waals surface area contributed by atoms with Crippen LogP contribution < -0.4 is 11.1 Å². The first-order valence-electron chi connectivity index (χ1n) is 5.90. The molecule has 0 aliphatic carbocycles. The number of H-pyrrole nitrogens is 1. The van der Waals surface area contributed by atoms with Gasteiger partial charge in [0.15, 0.2) is 6.04 Å². The summed E-state index contributed by atoms with van der Waals surface area (Å²) in [6, 6.07) is 6.33. The summed E-state index contributed by atoms with van der Waals surface area (Å²) < 4.78 is 0. The van der Waals surface area contributed by atoms with Gasteiger partial charge in [-0.3, -0.25) is 4.79 Å². The zero-order valence-corrected chi connectivity index (χ0v) is 10.2. The molecule has 1 heterocycles. The predicted molar refractivity (Wildman–Crippen MR) is 70.6 cm³/mol. The summed E-state index contributed by atoms with van der Waals surface area (Å²) in [5, 5.41) is 12.2. The second-order valence-electron chi connectivity index (χ2n) is 4.22. The molecule has 1 aromatic carbocycles. The fourth-order valence-corrected chi connectivity index (χ4v) is 1.88. The average Bonchev–Trinajstić information content (AvgIpc) is 2.81. The highest BCUT2D eigenvalue weighted by Crippen LogP contribution is 2.17. The molecule has 0 aliphatic heterocycles. The molecule has 19 heavy (non-hydrogen) atoms. The fourth-order valence-electron chi connectivity index (χ4n) is 1.88. The van der Waals surface area contributed by atoms with E-state index in [9.17, 15) is 9.59 Å². The van der Waals surface area contributed by atoms with Gasteiger partial charge in [-0.2, -0.15) is 0 Å². The van der Waals surface area contributed by atoms with E-state index in [-0.39, 0.29) is 0 Å². The summed E-state index contributed by atoms with van der Waals surface area (Å²) in [5.74, 6) is -2.00. The predicted octanol–water partition coefficient (Wildman–Crippen LogP) is 0.239. The number of fused-ring (bicyclic) bond motifs is 1. The molecule has 0 fully saturated rings. The van der Waals surface area contributed by atoms with Crippen LogP contribution in [0.4, 0.5) is 0 Å². The van der Waals surface area contributed by atoms with Gasteiger partial charge in [-0.05, 0) is 18.1 Å². The molecule has 0 aliphatic rings. The zero-order valence-electron chi connectivity index (χ0n) is 10.2. The minimum absolute atomic E-state index is 0.349. The number of aromatic nitrogens is 1. The van der Waals surface area contributed by atoms with Crippen LogP contribution in [0.1, 0.15) is 5.56 Å². The summed E-state index contributed by atoms with van der Waals surface area (Å²) in [5.41, 5.74) is 7.29. The number of aromatic amines is 1. The Hall–Kier alpha value is -2.34. The van der Waals surface area contributed by atoms with Crippen molar-refractivity contribution in [2.45, 2.75) is 12.5 Å². The Balaban J connectivity index is 1.93. The smallest absolute Gasteiger partial charge is 0.330 e. The molecular weight excluding hydrogens is 246 g/mol. The lowest BCUT2D eigenvalue weighted by Gasteiger charge is -2.07. The minimum Gasteiger partial charge on any atom is -0.480 e. The maximum absolute atomic E-state index is 11.4. The number of carboxylic acid groups (broad SMARTS) is 1. The molecule has 2 aromatic rings. The Morgan fingerprint density at radius 3 is 2.84 bits per heavy atom. The lowest BCUT2D eigenvalue weighted by molar-refractivity contribution is -0.142. The number of hydrogen-bond acceptors (Lipinski definition) is 3.